The molecule has 1 heterocycles. The van der Waals surface area contributed by atoms with Gasteiger partial charge in [0, 0.05) is 13.0 Å². The SMILES string of the molecule is CCCCc1nnc(NC(=O)CN(C)CC2CCCC2O)s1. The third-order valence-corrected chi connectivity index (χ3v) is 4.93. The third-order valence-electron chi connectivity index (χ3n) is 4.04. The van der Waals surface area contributed by atoms with Crippen molar-refractivity contribution in [2.24, 2.45) is 5.92 Å². The molecule has 0 radical (unpaired) electrons. The molecule has 2 atom stereocenters. The molecule has 2 unspecified atom stereocenters. The van der Waals surface area contributed by atoms with E-state index in [9.17, 15) is 9.90 Å². The summed E-state index contributed by atoms with van der Waals surface area (Å²) < 4.78 is 0. The smallest absolute Gasteiger partial charge is 0.240 e. The Morgan fingerprint density at radius 1 is 1.45 bits per heavy atom. The summed E-state index contributed by atoms with van der Waals surface area (Å²) in [5, 5.41) is 22.3. The van der Waals surface area contributed by atoms with E-state index in [1.807, 2.05) is 11.9 Å². The molecule has 1 fully saturated rings. The Morgan fingerprint density at radius 3 is 2.95 bits per heavy atom. The molecule has 1 aliphatic carbocycles. The van der Waals surface area contributed by atoms with Gasteiger partial charge in [-0.3, -0.25) is 15.0 Å². The van der Waals surface area contributed by atoms with Gasteiger partial charge in [-0.2, -0.15) is 0 Å². The van der Waals surface area contributed by atoms with Gasteiger partial charge in [0.15, 0.2) is 0 Å². The van der Waals surface area contributed by atoms with Gasteiger partial charge in [0.25, 0.3) is 0 Å². The maximum Gasteiger partial charge on any atom is 0.240 e. The number of aliphatic hydroxyl groups excluding tert-OH is 1. The monoisotopic (exact) mass is 326 g/mol. The van der Waals surface area contributed by atoms with Crippen LogP contribution in [0.25, 0.3) is 0 Å². The summed E-state index contributed by atoms with van der Waals surface area (Å²) in [7, 11) is 1.91. The quantitative estimate of drug-likeness (QED) is 0.763. The average molecular weight is 326 g/mol. The minimum absolute atomic E-state index is 0.0758. The second-order valence-corrected chi connectivity index (χ2v) is 7.17. The number of carbonyl (C=O) groups excluding carboxylic acids is 1. The molecular formula is C15H26N4O2S. The van der Waals surface area contributed by atoms with Crippen molar-refractivity contribution in [1.82, 2.24) is 15.1 Å². The van der Waals surface area contributed by atoms with Gasteiger partial charge in [-0.1, -0.05) is 31.1 Å². The van der Waals surface area contributed by atoms with Crippen molar-refractivity contribution in [2.45, 2.75) is 51.6 Å². The summed E-state index contributed by atoms with van der Waals surface area (Å²) >= 11 is 1.45. The number of carbonyl (C=O) groups is 1. The highest BCUT2D eigenvalue weighted by atomic mass is 32.1. The lowest BCUT2D eigenvalue weighted by Crippen LogP contribution is -2.35. The van der Waals surface area contributed by atoms with Gasteiger partial charge < -0.3 is 5.11 Å². The number of aromatic nitrogens is 2. The highest BCUT2D eigenvalue weighted by Crippen LogP contribution is 2.26. The Bertz CT molecular complexity index is 480. The predicted octanol–water partition coefficient (Wildman–Crippen LogP) is 1.91. The largest absolute Gasteiger partial charge is 0.393 e. The predicted molar refractivity (Wildman–Crippen MR) is 88.0 cm³/mol. The number of aliphatic hydroxyl groups is 1. The molecule has 1 saturated carbocycles. The number of nitrogens with one attached hydrogen (secondary N) is 1. The molecule has 0 aromatic carbocycles. The summed E-state index contributed by atoms with van der Waals surface area (Å²) in [6.45, 7) is 3.21. The number of rotatable bonds is 8. The molecule has 2 rings (SSSR count). The first-order chi connectivity index (χ1) is 10.6. The van der Waals surface area contributed by atoms with E-state index < -0.39 is 0 Å². The number of unbranched alkanes of at least 4 members (excludes halogenated alkanes) is 1. The number of hydrogen-bond donors (Lipinski definition) is 2. The van der Waals surface area contributed by atoms with Crippen LogP contribution in [0.2, 0.25) is 0 Å². The van der Waals surface area contributed by atoms with Crippen LogP contribution in [0.3, 0.4) is 0 Å². The zero-order chi connectivity index (χ0) is 15.9. The molecule has 124 valence electrons. The second kappa shape index (κ2) is 8.55. The number of anilines is 1. The molecular weight excluding hydrogens is 300 g/mol. The molecule has 0 spiro atoms. The molecule has 7 heteroatoms. The van der Waals surface area contributed by atoms with E-state index in [1.54, 1.807) is 0 Å². The molecule has 1 aliphatic rings. The van der Waals surface area contributed by atoms with Crippen LogP contribution < -0.4 is 5.32 Å². The normalized spacial score (nSPS) is 21.5. The topological polar surface area (TPSA) is 78.4 Å². The summed E-state index contributed by atoms with van der Waals surface area (Å²) in [6, 6.07) is 0. The molecule has 1 amide bonds. The van der Waals surface area contributed by atoms with Crippen LogP contribution >= 0.6 is 11.3 Å². The molecule has 1 aromatic rings. The molecule has 22 heavy (non-hydrogen) atoms. The fraction of sp³-hybridized carbons (Fsp3) is 0.800. The van der Waals surface area contributed by atoms with Gasteiger partial charge in [-0.25, -0.2) is 0 Å². The minimum Gasteiger partial charge on any atom is -0.393 e. The van der Waals surface area contributed by atoms with E-state index in [1.165, 1.54) is 11.3 Å². The van der Waals surface area contributed by atoms with Crippen LogP contribution in [0, 0.1) is 5.92 Å². The lowest BCUT2D eigenvalue weighted by molar-refractivity contribution is -0.117. The minimum atomic E-state index is -0.213. The molecule has 0 saturated heterocycles. The Balaban J connectivity index is 1.73. The molecule has 0 aliphatic heterocycles. The van der Waals surface area contributed by atoms with Gasteiger partial charge in [-0.15, -0.1) is 10.2 Å². The summed E-state index contributed by atoms with van der Waals surface area (Å²) in [4.78, 5) is 14.0. The summed E-state index contributed by atoms with van der Waals surface area (Å²) in [5.41, 5.74) is 0. The van der Waals surface area contributed by atoms with Crippen LogP contribution in [0.4, 0.5) is 5.13 Å². The van der Waals surface area contributed by atoms with Crippen LogP contribution in [-0.4, -0.2) is 52.4 Å². The highest BCUT2D eigenvalue weighted by Gasteiger charge is 2.26. The third kappa shape index (κ3) is 5.30. The van der Waals surface area contributed by atoms with E-state index in [0.29, 0.717) is 17.6 Å². The van der Waals surface area contributed by atoms with Crippen LogP contribution in [-0.2, 0) is 11.2 Å². The number of aryl methyl sites for hydroxylation is 1. The number of likely N-dealkylation sites (N-methyl/N-ethyl adjacent to an activating group) is 1. The Kier molecular flexibility index (Phi) is 6.72. The maximum atomic E-state index is 12.0. The fourth-order valence-corrected chi connectivity index (χ4v) is 3.63. The van der Waals surface area contributed by atoms with Crippen molar-refractivity contribution in [3.05, 3.63) is 5.01 Å². The lowest BCUT2D eigenvalue weighted by atomic mass is 10.1. The van der Waals surface area contributed by atoms with Gasteiger partial charge in [-0.05, 0) is 32.2 Å². The van der Waals surface area contributed by atoms with Crippen molar-refractivity contribution in [3.63, 3.8) is 0 Å². The second-order valence-electron chi connectivity index (χ2n) is 6.11. The van der Waals surface area contributed by atoms with Crippen molar-refractivity contribution in [1.29, 1.82) is 0 Å². The van der Waals surface area contributed by atoms with Crippen LogP contribution in [0.1, 0.15) is 44.0 Å². The highest BCUT2D eigenvalue weighted by molar-refractivity contribution is 7.15. The van der Waals surface area contributed by atoms with E-state index in [0.717, 1.165) is 50.1 Å². The van der Waals surface area contributed by atoms with E-state index >= 15 is 0 Å². The average Bonchev–Trinajstić information content (AvgIpc) is 3.06. The summed E-state index contributed by atoms with van der Waals surface area (Å²) in [6.07, 6.45) is 5.93. The number of hydrogen-bond acceptors (Lipinski definition) is 6. The molecule has 6 nitrogen and oxygen atoms in total. The van der Waals surface area contributed by atoms with Gasteiger partial charge in [0.05, 0.1) is 12.6 Å². The molecule has 2 N–H and O–H groups in total. The van der Waals surface area contributed by atoms with Crippen LogP contribution in [0.5, 0.6) is 0 Å². The Morgan fingerprint density at radius 2 is 2.27 bits per heavy atom. The first kappa shape index (κ1) is 17.3. The zero-order valence-corrected chi connectivity index (χ0v) is 14.2. The fourth-order valence-electron chi connectivity index (χ4n) is 2.83. The lowest BCUT2D eigenvalue weighted by Gasteiger charge is -2.22. The summed E-state index contributed by atoms with van der Waals surface area (Å²) in [5.74, 6) is 0.216. The van der Waals surface area contributed by atoms with Crippen LogP contribution in [0.15, 0.2) is 0 Å². The zero-order valence-electron chi connectivity index (χ0n) is 13.4. The van der Waals surface area contributed by atoms with Gasteiger partial charge in [0.1, 0.15) is 5.01 Å². The standard InChI is InChI=1S/C15H26N4O2S/c1-3-4-8-14-17-18-15(22-14)16-13(21)10-19(2)9-11-6-5-7-12(11)20/h11-12,20H,3-10H2,1-2H3,(H,16,18,21). The van der Waals surface area contributed by atoms with Crippen molar-refractivity contribution >= 4 is 22.4 Å². The van der Waals surface area contributed by atoms with Gasteiger partial charge in [0.2, 0.25) is 11.0 Å². The van der Waals surface area contributed by atoms with E-state index in [-0.39, 0.29) is 12.0 Å². The van der Waals surface area contributed by atoms with Gasteiger partial charge >= 0.3 is 0 Å². The number of amides is 1. The Labute approximate surface area is 135 Å². The van der Waals surface area contributed by atoms with Crippen molar-refractivity contribution in [3.8, 4) is 0 Å². The first-order valence-corrected chi connectivity index (χ1v) is 8.89. The van der Waals surface area contributed by atoms with Crippen molar-refractivity contribution < 1.29 is 9.90 Å². The van der Waals surface area contributed by atoms with Crippen molar-refractivity contribution in [2.75, 3.05) is 25.5 Å². The number of nitrogens with zero attached hydrogens (tertiary/aromatic N) is 3. The molecule has 1 aromatic heterocycles. The molecule has 0 bridgehead atoms. The maximum absolute atomic E-state index is 12.0. The Hall–Kier alpha value is -1.05. The first-order valence-electron chi connectivity index (χ1n) is 8.07. The van der Waals surface area contributed by atoms with E-state index in [2.05, 4.69) is 22.4 Å². The van der Waals surface area contributed by atoms with E-state index in [4.69, 9.17) is 0 Å².